The Bertz CT molecular complexity index is 482. The van der Waals surface area contributed by atoms with E-state index in [-0.39, 0.29) is 24.0 Å². The van der Waals surface area contributed by atoms with Gasteiger partial charge in [0.15, 0.2) is 5.96 Å². The second kappa shape index (κ2) is 11.3. The zero-order chi connectivity index (χ0) is 15.6. The van der Waals surface area contributed by atoms with Crippen LogP contribution in [0.2, 0.25) is 0 Å². The first kappa shape index (κ1) is 19.8. The summed E-state index contributed by atoms with van der Waals surface area (Å²) < 4.78 is 6.04. The average molecular weight is 429 g/mol. The van der Waals surface area contributed by atoms with Gasteiger partial charge in [-0.1, -0.05) is 24.6 Å². The lowest BCUT2D eigenvalue weighted by molar-refractivity contribution is 0.155. The Morgan fingerprint density at radius 2 is 1.91 bits per heavy atom. The van der Waals surface area contributed by atoms with Gasteiger partial charge in [-0.05, 0) is 43.4 Å². The molecule has 2 N–H and O–H groups in total. The Kier molecular flexibility index (Phi) is 9.75. The summed E-state index contributed by atoms with van der Waals surface area (Å²) in [7, 11) is 1.76. The molecule has 0 aliphatic heterocycles. The highest BCUT2D eigenvalue weighted by Crippen LogP contribution is 2.23. The van der Waals surface area contributed by atoms with Gasteiger partial charge in [0.25, 0.3) is 0 Å². The normalized spacial score (nSPS) is 15.4. The lowest BCUT2D eigenvalue weighted by Gasteiger charge is -2.23. The minimum atomic E-state index is 0. The van der Waals surface area contributed by atoms with E-state index in [2.05, 4.69) is 46.5 Å². The van der Waals surface area contributed by atoms with Gasteiger partial charge in [-0.25, -0.2) is 0 Å². The molecular formula is C18H28IN3O. The lowest BCUT2D eigenvalue weighted by atomic mass is 9.98. The van der Waals surface area contributed by atoms with Gasteiger partial charge in [0, 0.05) is 20.1 Å². The van der Waals surface area contributed by atoms with Crippen LogP contribution in [-0.4, -0.2) is 25.7 Å². The maximum absolute atomic E-state index is 6.04. The number of guanidine groups is 1. The van der Waals surface area contributed by atoms with Crippen LogP contribution in [0.5, 0.6) is 5.75 Å². The van der Waals surface area contributed by atoms with Crippen molar-refractivity contribution in [3.63, 3.8) is 0 Å². The van der Waals surface area contributed by atoms with Crippen LogP contribution in [-0.2, 0) is 6.54 Å². The standard InChI is InChI=1S/C18H27N3O.HI/c1-3-13-20-18(19-2)21-14-15-9-11-17(12-10-15)22-16-7-5-4-6-8-16;/h3,9-12,16H,1,4-8,13-14H2,2H3,(H2,19,20,21);1H. The highest BCUT2D eigenvalue weighted by atomic mass is 127. The van der Waals surface area contributed by atoms with Gasteiger partial charge in [0.2, 0.25) is 0 Å². The maximum atomic E-state index is 6.04. The Morgan fingerprint density at radius 1 is 1.22 bits per heavy atom. The van der Waals surface area contributed by atoms with E-state index in [1.807, 2.05) is 6.08 Å². The van der Waals surface area contributed by atoms with Crippen LogP contribution in [0.1, 0.15) is 37.7 Å². The molecule has 2 rings (SSSR count). The quantitative estimate of drug-likeness (QED) is 0.313. The fraction of sp³-hybridized carbons (Fsp3) is 0.500. The number of aliphatic imine (C=N–C) groups is 1. The largest absolute Gasteiger partial charge is 0.490 e. The van der Waals surface area contributed by atoms with E-state index in [0.29, 0.717) is 12.6 Å². The average Bonchev–Trinajstić information content (AvgIpc) is 2.57. The number of benzene rings is 1. The molecule has 23 heavy (non-hydrogen) atoms. The fourth-order valence-corrected chi connectivity index (χ4v) is 2.64. The van der Waals surface area contributed by atoms with Crippen molar-refractivity contribution in [2.24, 2.45) is 4.99 Å². The van der Waals surface area contributed by atoms with Crippen molar-refractivity contribution in [2.75, 3.05) is 13.6 Å². The minimum absolute atomic E-state index is 0. The first-order valence-corrected chi connectivity index (χ1v) is 8.13. The summed E-state index contributed by atoms with van der Waals surface area (Å²) in [5, 5.41) is 6.42. The summed E-state index contributed by atoms with van der Waals surface area (Å²) in [4.78, 5) is 4.16. The Labute approximate surface area is 156 Å². The number of ether oxygens (including phenoxy) is 1. The maximum Gasteiger partial charge on any atom is 0.191 e. The van der Waals surface area contributed by atoms with Gasteiger partial charge < -0.3 is 15.4 Å². The molecule has 0 amide bonds. The van der Waals surface area contributed by atoms with Gasteiger partial charge in [-0.15, -0.1) is 30.6 Å². The summed E-state index contributed by atoms with van der Waals surface area (Å²) in [6.07, 6.45) is 8.53. The van der Waals surface area contributed by atoms with E-state index in [1.165, 1.54) is 37.7 Å². The number of hydrogen-bond donors (Lipinski definition) is 2. The highest BCUT2D eigenvalue weighted by molar-refractivity contribution is 14.0. The molecule has 0 saturated heterocycles. The van der Waals surface area contributed by atoms with Crippen LogP contribution < -0.4 is 15.4 Å². The molecular weight excluding hydrogens is 401 g/mol. The van der Waals surface area contributed by atoms with E-state index in [9.17, 15) is 0 Å². The molecule has 1 aromatic carbocycles. The van der Waals surface area contributed by atoms with E-state index in [1.54, 1.807) is 7.05 Å². The van der Waals surface area contributed by atoms with Crippen LogP contribution in [0.25, 0.3) is 0 Å². The van der Waals surface area contributed by atoms with Gasteiger partial charge in [0.05, 0.1) is 6.10 Å². The molecule has 1 aliphatic rings. The molecule has 0 spiro atoms. The SMILES string of the molecule is C=CCNC(=NC)NCc1ccc(OC2CCCCC2)cc1.I. The first-order chi connectivity index (χ1) is 10.8. The number of halogens is 1. The second-order valence-corrected chi connectivity index (χ2v) is 5.62. The van der Waals surface area contributed by atoms with Crippen molar-refractivity contribution in [3.05, 3.63) is 42.5 Å². The Balaban J connectivity index is 0.00000264. The molecule has 0 heterocycles. The number of hydrogen-bond acceptors (Lipinski definition) is 2. The monoisotopic (exact) mass is 429 g/mol. The second-order valence-electron chi connectivity index (χ2n) is 5.62. The van der Waals surface area contributed by atoms with Crippen LogP contribution in [0.3, 0.4) is 0 Å². The Morgan fingerprint density at radius 3 is 2.52 bits per heavy atom. The fourth-order valence-electron chi connectivity index (χ4n) is 2.64. The van der Waals surface area contributed by atoms with Gasteiger partial charge in [0.1, 0.15) is 5.75 Å². The third-order valence-corrected chi connectivity index (χ3v) is 3.88. The number of rotatable bonds is 6. The summed E-state index contributed by atoms with van der Waals surface area (Å²) in [6.45, 7) is 5.12. The number of nitrogens with one attached hydrogen (secondary N) is 2. The Hall–Kier alpha value is -1.24. The van der Waals surface area contributed by atoms with Gasteiger partial charge in [-0.2, -0.15) is 0 Å². The van der Waals surface area contributed by atoms with Crippen LogP contribution in [0.4, 0.5) is 0 Å². The minimum Gasteiger partial charge on any atom is -0.490 e. The summed E-state index contributed by atoms with van der Waals surface area (Å²) >= 11 is 0. The third kappa shape index (κ3) is 7.24. The predicted octanol–water partition coefficient (Wildman–Crippen LogP) is 3.87. The molecule has 0 radical (unpaired) electrons. The molecule has 4 nitrogen and oxygen atoms in total. The van der Waals surface area contributed by atoms with Crippen molar-refractivity contribution in [2.45, 2.75) is 44.8 Å². The van der Waals surface area contributed by atoms with E-state index < -0.39 is 0 Å². The topological polar surface area (TPSA) is 45.7 Å². The summed E-state index contributed by atoms with van der Waals surface area (Å²) in [5.74, 6) is 1.76. The third-order valence-electron chi connectivity index (χ3n) is 3.88. The van der Waals surface area contributed by atoms with E-state index in [4.69, 9.17) is 4.74 Å². The molecule has 128 valence electrons. The zero-order valence-corrected chi connectivity index (χ0v) is 16.2. The van der Waals surface area contributed by atoms with Crippen molar-refractivity contribution >= 4 is 29.9 Å². The smallest absolute Gasteiger partial charge is 0.191 e. The molecule has 5 heteroatoms. The molecule has 1 saturated carbocycles. The van der Waals surface area contributed by atoms with Crippen LogP contribution in [0, 0.1) is 0 Å². The van der Waals surface area contributed by atoms with E-state index >= 15 is 0 Å². The molecule has 0 bridgehead atoms. The van der Waals surface area contributed by atoms with Gasteiger partial charge in [-0.3, -0.25) is 4.99 Å². The molecule has 1 aromatic rings. The first-order valence-electron chi connectivity index (χ1n) is 8.13. The summed E-state index contributed by atoms with van der Waals surface area (Å²) in [5.41, 5.74) is 1.21. The van der Waals surface area contributed by atoms with E-state index in [0.717, 1.165) is 18.3 Å². The molecule has 1 fully saturated rings. The van der Waals surface area contributed by atoms with Crippen molar-refractivity contribution in [1.82, 2.24) is 10.6 Å². The van der Waals surface area contributed by atoms with Crippen LogP contribution >= 0.6 is 24.0 Å². The van der Waals surface area contributed by atoms with Crippen molar-refractivity contribution < 1.29 is 4.74 Å². The van der Waals surface area contributed by atoms with Crippen molar-refractivity contribution in [3.8, 4) is 5.75 Å². The van der Waals surface area contributed by atoms with Crippen LogP contribution in [0.15, 0.2) is 41.9 Å². The number of nitrogens with zero attached hydrogens (tertiary/aromatic N) is 1. The highest BCUT2D eigenvalue weighted by Gasteiger charge is 2.14. The molecule has 0 atom stereocenters. The van der Waals surface area contributed by atoms with Crippen molar-refractivity contribution in [1.29, 1.82) is 0 Å². The molecule has 1 aliphatic carbocycles. The van der Waals surface area contributed by atoms with Gasteiger partial charge >= 0.3 is 0 Å². The predicted molar refractivity (Wildman–Crippen MR) is 108 cm³/mol. The lowest BCUT2D eigenvalue weighted by Crippen LogP contribution is -2.36. The molecule has 0 unspecified atom stereocenters. The molecule has 0 aromatic heterocycles. The summed E-state index contributed by atoms with van der Waals surface area (Å²) in [6, 6.07) is 8.33. The zero-order valence-electron chi connectivity index (χ0n) is 13.9.